The molecule has 1 N–H and O–H groups in total. The molecule has 1 fully saturated rings. The molecule has 4 nitrogen and oxygen atoms in total. The Hall–Kier alpha value is -0.820. The monoisotopic (exact) mass is 268 g/mol. The Morgan fingerprint density at radius 1 is 1.44 bits per heavy atom. The number of rotatable bonds is 3. The number of amides is 1. The summed E-state index contributed by atoms with van der Waals surface area (Å²) in [6.45, 7) is 0.510. The van der Waals surface area contributed by atoms with Crippen LogP contribution in [0.1, 0.15) is 19.3 Å². The highest BCUT2D eigenvalue weighted by atomic mass is 19.4. The predicted octanol–water partition coefficient (Wildman–Crippen LogP) is 0.852. The summed E-state index contributed by atoms with van der Waals surface area (Å²) in [5.74, 6) is -0.538. The normalized spacial score (nSPS) is 25.6. The maximum Gasteiger partial charge on any atom is 0.389 e. The summed E-state index contributed by atoms with van der Waals surface area (Å²) in [7, 11) is 3.66. The number of likely N-dealkylation sites (N-methyl/N-ethyl adjacent to an activating group) is 1. The maximum absolute atomic E-state index is 12.0. The van der Waals surface area contributed by atoms with E-state index in [-0.39, 0.29) is 12.6 Å². The molecule has 7 heteroatoms. The first kappa shape index (κ1) is 15.2. The summed E-state index contributed by atoms with van der Waals surface area (Å²) < 4.78 is 36.0. The molecule has 1 aliphatic heterocycles. The standard InChI is InChI=1S/C11H19F3N2O2/c1-15(2)8-4-6-16(7-9(8)17)10(18)3-5-11(12,13)14/h8-9,17H,3-7H2,1-2H3/t8-,9-/m0/s1. The lowest BCUT2D eigenvalue weighted by Crippen LogP contribution is -2.53. The van der Waals surface area contributed by atoms with Crippen LogP contribution >= 0.6 is 0 Å². The first-order chi connectivity index (χ1) is 8.20. The number of alkyl halides is 3. The Bertz CT molecular complexity index is 295. The fourth-order valence-corrected chi connectivity index (χ4v) is 2.15. The van der Waals surface area contributed by atoms with Crippen LogP contribution < -0.4 is 0 Å². The van der Waals surface area contributed by atoms with Crippen LogP contribution in [0.5, 0.6) is 0 Å². The zero-order chi connectivity index (χ0) is 13.9. The van der Waals surface area contributed by atoms with Crippen molar-refractivity contribution in [1.29, 1.82) is 0 Å². The van der Waals surface area contributed by atoms with Crippen LogP contribution in [0.15, 0.2) is 0 Å². The third-order valence-corrected chi connectivity index (χ3v) is 3.18. The van der Waals surface area contributed by atoms with Gasteiger partial charge in [0.2, 0.25) is 5.91 Å². The number of piperidine rings is 1. The fraction of sp³-hybridized carbons (Fsp3) is 0.909. The van der Waals surface area contributed by atoms with E-state index in [0.717, 1.165) is 0 Å². The number of nitrogens with zero attached hydrogens (tertiary/aromatic N) is 2. The highest BCUT2D eigenvalue weighted by molar-refractivity contribution is 5.76. The molecule has 1 amide bonds. The maximum atomic E-state index is 12.0. The summed E-state index contributed by atoms with van der Waals surface area (Å²) in [6.07, 6.45) is -6.08. The average molecular weight is 268 g/mol. The molecule has 0 radical (unpaired) electrons. The summed E-state index contributed by atoms with van der Waals surface area (Å²) in [6, 6.07) is -0.0448. The number of hydrogen-bond acceptors (Lipinski definition) is 3. The van der Waals surface area contributed by atoms with E-state index < -0.39 is 31.0 Å². The molecule has 1 aliphatic rings. The minimum absolute atomic E-state index is 0.0448. The zero-order valence-corrected chi connectivity index (χ0v) is 10.6. The van der Waals surface area contributed by atoms with Crippen LogP contribution in [0.4, 0.5) is 13.2 Å². The van der Waals surface area contributed by atoms with Crippen LogP contribution in [-0.4, -0.2) is 66.3 Å². The molecule has 0 bridgehead atoms. The van der Waals surface area contributed by atoms with Gasteiger partial charge in [0.1, 0.15) is 0 Å². The van der Waals surface area contributed by atoms with Gasteiger partial charge in [-0.1, -0.05) is 0 Å². The number of likely N-dealkylation sites (tertiary alicyclic amines) is 1. The molecular formula is C11H19F3N2O2. The van der Waals surface area contributed by atoms with Crippen LogP contribution in [0.2, 0.25) is 0 Å². The largest absolute Gasteiger partial charge is 0.390 e. The first-order valence-corrected chi connectivity index (χ1v) is 5.89. The van der Waals surface area contributed by atoms with Gasteiger partial charge in [-0.3, -0.25) is 4.79 Å². The summed E-state index contributed by atoms with van der Waals surface area (Å²) in [5.41, 5.74) is 0. The fourth-order valence-electron chi connectivity index (χ4n) is 2.15. The smallest absolute Gasteiger partial charge is 0.389 e. The Labute approximate surface area is 104 Å². The number of carbonyl (C=O) groups is 1. The molecule has 18 heavy (non-hydrogen) atoms. The van der Waals surface area contributed by atoms with E-state index in [4.69, 9.17) is 0 Å². The highest BCUT2D eigenvalue weighted by Crippen LogP contribution is 2.23. The van der Waals surface area contributed by atoms with Gasteiger partial charge in [-0.15, -0.1) is 0 Å². The second-order valence-electron chi connectivity index (χ2n) is 4.84. The van der Waals surface area contributed by atoms with Gasteiger partial charge >= 0.3 is 6.18 Å². The third kappa shape index (κ3) is 4.45. The van der Waals surface area contributed by atoms with Crippen LogP contribution in [-0.2, 0) is 4.79 Å². The SMILES string of the molecule is CN(C)[C@H]1CCN(C(=O)CCC(F)(F)F)C[C@@H]1O. The van der Waals surface area contributed by atoms with E-state index in [2.05, 4.69) is 0 Å². The van der Waals surface area contributed by atoms with Crippen molar-refractivity contribution in [3.05, 3.63) is 0 Å². The van der Waals surface area contributed by atoms with Gasteiger partial charge in [-0.2, -0.15) is 13.2 Å². The Balaban J connectivity index is 2.43. The van der Waals surface area contributed by atoms with Gasteiger partial charge in [0.25, 0.3) is 0 Å². The molecule has 0 aromatic carbocycles. The number of carbonyl (C=O) groups excluding carboxylic acids is 1. The van der Waals surface area contributed by atoms with Crippen LogP contribution in [0, 0.1) is 0 Å². The molecular weight excluding hydrogens is 249 g/mol. The Morgan fingerprint density at radius 2 is 2.06 bits per heavy atom. The van der Waals surface area contributed by atoms with E-state index in [9.17, 15) is 23.1 Å². The summed E-state index contributed by atoms with van der Waals surface area (Å²) >= 11 is 0. The number of halogens is 3. The van der Waals surface area contributed by atoms with Gasteiger partial charge in [-0.25, -0.2) is 0 Å². The summed E-state index contributed by atoms with van der Waals surface area (Å²) in [4.78, 5) is 14.7. The quantitative estimate of drug-likeness (QED) is 0.825. The number of aliphatic hydroxyl groups is 1. The molecule has 106 valence electrons. The first-order valence-electron chi connectivity index (χ1n) is 5.89. The molecule has 0 aliphatic carbocycles. The molecule has 0 saturated carbocycles. The van der Waals surface area contributed by atoms with Crippen molar-refractivity contribution < 1.29 is 23.1 Å². The van der Waals surface area contributed by atoms with Gasteiger partial charge in [0.15, 0.2) is 0 Å². The number of aliphatic hydroxyl groups excluding tert-OH is 1. The number of β-amino-alcohol motifs (C(OH)–C–C–N with tert-alkyl or cyclic N) is 1. The lowest BCUT2D eigenvalue weighted by Gasteiger charge is -2.39. The average Bonchev–Trinajstić information content (AvgIpc) is 2.24. The van der Waals surface area contributed by atoms with E-state index in [1.807, 2.05) is 19.0 Å². The van der Waals surface area contributed by atoms with Gasteiger partial charge in [-0.05, 0) is 20.5 Å². The van der Waals surface area contributed by atoms with E-state index in [1.54, 1.807) is 0 Å². The van der Waals surface area contributed by atoms with Crippen molar-refractivity contribution >= 4 is 5.91 Å². The molecule has 0 aromatic rings. The topological polar surface area (TPSA) is 43.8 Å². The van der Waals surface area contributed by atoms with E-state index >= 15 is 0 Å². The molecule has 0 aromatic heterocycles. The second-order valence-corrected chi connectivity index (χ2v) is 4.84. The Morgan fingerprint density at radius 3 is 2.50 bits per heavy atom. The lowest BCUT2D eigenvalue weighted by molar-refractivity contribution is -0.151. The van der Waals surface area contributed by atoms with Gasteiger partial charge in [0.05, 0.1) is 12.5 Å². The van der Waals surface area contributed by atoms with Gasteiger partial charge < -0.3 is 14.9 Å². The van der Waals surface area contributed by atoms with Crippen molar-refractivity contribution in [2.45, 2.75) is 37.6 Å². The minimum Gasteiger partial charge on any atom is -0.390 e. The molecule has 1 saturated heterocycles. The minimum atomic E-state index is -4.31. The van der Waals surface area contributed by atoms with E-state index in [0.29, 0.717) is 13.0 Å². The van der Waals surface area contributed by atoms with E-state index in [1.165, 1.54) is 4.90 Å². The third-order valence-electron chi connectivity index (χ3n) is 3.18. The van der Waals surface area contributed by atoms with Crippen molar-refractivity contribution in [3.63, 3.8) is 0 Å². The molecule has 0 unspecified atom stereocenters. The Kier molecular flexibility index (Phi) is 4.98. The summed E-state index contributed by atoms with van der Waals surface area (Å²) in [5, 5.41) is 9.83. The molecule has 2 atom stereocenters. The van der Waals surface area contributed by atoms with Crippen molar-refractivity contribution in [2.24, 2.45) is 0 Å². The molecule has 1 rings (SSSR count). The van der Waals surface area contributed by atoms with Crippen LogP contribution in [0.3, 0.4) is 0 Å². The van der Waals surface area contributed by atoms with Gasteiger partial charge in [0, 0.05) is 25.6 Å². The second kappa shape index (κ2) is 5.88. The molecule has 1 heterocycles. The highest BCUT2D eigenvalue weighted by Gasteiger charge is 2.33. The number of hydrogen-bond donors (Lipinski definition) is 1. The van der Waals surface area contributed by atoms with Crippen molar-refractivity contribution in [1.82, 2.24) is 9.80 Å². The van der Waals surface area contributed by atoms with Crippen molar-refractivity contribution in [2.75, 3.05) is 27.2 Å². The molecule has 0 spiro atoms. The lowest BCUT2D eigenvalue weighted by atomic mass is 10.0. The zero-order valence-electron chi connectivity index (χ0n) is 10.6. The van der Waals surface area contributed by atoms with Crippen LogP contribution in [0.25, 0.3) is 0 Å². The van der Waals surface area contributed by atoms with Crippen molar-refractivity contribution in [3.8, 4) is 0 Å². The predicted molar refractivity (Wildman–Crippen MR) is 60.0 cm³/mol.